The zero-order chi connectivity index (χ0) is 12.3. The number of nitrogens with one attached hydrogen (secondary N) is 1. The summed E-state index contributed by atoms with van der Waals surface area (Å²) >= 11 is 0. The Balaban J connectivity index is 2.97. The Hall–Kier alpha value is -2.18. The number of nitro groups is 1. The van der Waals surface area contributed by atoms with Gasteiger partial charge < -0.3 is 10.2 Å². The van der Waals surface area contributed by atoms with Crippen LogP contribution in [0.5, 0.6) is 0 Å². The van der Waals surface area contributed by atoms with Gasteiger partial charge in [-0.05, 0) is 6.07 Å². The van der Waals surface area contributed by atoms with Gasteiger partial charge in [0.25, 0.3) is 5.69 Å². The third-order valence-corrected chi connectivity index (χ3v) is 1.75. The molecule has 0 aliphatic heterocycles. The molecular formula is C9H10FN3O3. The fourth-order valence-electron chi connectivity index (χ4n) is 0.987. The van der Waals surface area contributed by atoms with E-state index in [9.17, 15) is 19.3 Å². The molecule has 86 valence electrons. The number of carbonyl (C=O) groups excluding carboxylic acids is 1. The molecule has 1 N–H and O–H groups in total. The average Bonchev–Trinajstić information content (AvgIpc) is 2.16. The maximum Gasteiger partial charge on any atom is 0.321 e. The number of rotatable bonds is 2. The van der Waals surface area contributed by atoms with Crippen molar-refractivity contribution in [2.24, 2.45) is 0 Å². The molecule has 1 aromatic rings. The van der Waals surface area contributed by atoms with Crippen molar-refractivity contribution >= 4 is 17.4 Å². The molecule has 0 unspecified atom stereocenters. The Bertz CT molecular complexity index is 434. The van der Waals surface area contributed by atoms with E-state index in [4.69, 9.17) is 0 Å². The largest absolute Gasteiger partial charge is 0.331 e. The predicted molar refractivity (Wildman–Crippen MR) is 55.8 cm³/mol. The van der Waals surface area contributed by atoms with Crippen LogP contribution >= 0.6 is 0 Å². The van der Waals surface area contributed by atoms with Crippen molar-refractivity contribution in [2.45, 2.75) is 0 Å². The Kier molecular flexibility index (Phi) is 3.39. The molecule has 0 saturated heterocycles. The van der Waals surface area contributed by atoms with E-state index in [1.54, 1.807) is 0 Å². The lowest BCUT2D eigenvalue weighted by Gasteiger charge is -2.11. The molecule has 0 fully saturated rings. The second-order valence-corrected chi connectivity index (χ2v) is 3.28. The van der Waals surface area contributed by atoms with Crippen molar-refractivity contribution in [3.8, 4) is 0 Å². The van der Waals surface area contributed by atoms with Crippen LogP contribution in [0, 0.1) is 15.9 Å². The third-order valence-electron chi connectivity index (χ3n) is 1.75. The van der Waals surface area contributed by atoms with Crippen molar-refractivity contribution in [1.29, 1.82) is 0 Å². The van der Waals surface area contributed by atoms with Crippen molar-refractivity contribution in [2.75, 3.05) is 19.4 Å². The fraction of sp³-hybridized carbons (Fsp3) is 0.222. The Labute approximate surface area is 90.8 Å². The number of nitrogens with zero attached hydrogens (tertiary/aromatic N) is 2. The zero-order valence-electron chi connectivity index (χ0n) is 8.73. The summed E-state index contributed by atoms with van der Waals surface area (Å²) in [6.45, 7) is 0. The van der Waals surface area contributed by atoms with E-state index < -0.39 is 22.5 Å². The molecule has 0 spiro atoms. The molecule has 0 bridgehead atoms. The van der Waals surface area contributed by atoms with Crippen LogP contribution in [0.1, 0.15) is 0 Å². The first-order valence-corrected chi connectivity index (χ1v) is 4.33. The Morgan fingerprint density at radius 1 is 1.44 bits per heavy atom. The van der Waals surface area contributed by atoms with Gasteiger partial charge in [0.2, 0.25) is 0 Å². The maximum absolute atomic E-state index is 13.0. The first-order chi connectivity index (χ1) is 7.40. The Morgan fingerprint density at radius 3 is 2.56 bits per heavy atom. The normalized spacial score (nSPS) is 9.69. The molecule has 0 saturated carbocycles. The van der Waals surface area contributed by atoms with Gasteiger partial charge in [-0.3, -0.25) is 10.1 Å². The molecule has 16 heavy (non-hydrogen) atoms. The van der Waals surface area contributed by atoms with Gasteiger partial charge in [-0.25, -0.2) is 9.18 Å². The molecule has 1 aromatic carbocycles. The molecule has 0 aliphatic carbocycles. The highest BCUT2D eigenvalue weighted by molar-refractivity contribution is 5.89. The number of hydrogen-bond donors (Lipinski definition) is 1. The van der Waals surface area contributed by atoms with E-state index in [2.05, 4.69) is 5.32 Å². The third kappa shape index (κ3) is 2.91. The minimum Gasteiger partial charge on any atom is -0.331 e. The topological polar surface area (TPSA) is 75.5 Å². The van der Waals surface area contributed by atoms with Crippen molar-refractivity contribution in [3.63, 3.8) is 0 Å². The lowest BCUT2D eigenvalue weighted by atomic mass is 10.2. The van der Waals surface area contributed by atoms with E-state index in [-0.39, 0.29) is 5.69 Å². The summed E-state index contributed by atoms with van der Waals surface area (Å²) in [5.41, 5.74) is -0.362. The van der Waals surface area contributed by atoms with E-state index in [0.29, 0.717) is 0 Å². The van der Waals surface area contributed by atoms with Gasteiger partial charge in [0.15, 0.2) is 0 Å². The summed E-state index contributed by atoms with van der Waals surface area (Å²) < 4.78 is 13.0. The number of nitro benzene ring substituents is 1. The van der Waals surface area contributed by atoms with Gasteiger partial charge in [-0.1, -0.05) is 0 Å². The number of urea groups is 1. The van der Waals surface area contributed by atoms with Crippen LogP contribution in [-0.2, 0) is 0 Å². The molecule has 0 atom stereocenters. The minimum atomic E-state index is -0.775. The quantitative estimate of drug-likeness (QED) is 0.618. The molecule has 0 aromatic heterocycles. The number of benzene rings is 1. The summed E-state index contributed by atoms with van der Waals surface area (Å²) in [6, 6.07) is 2.39. The minimum absolute atomic E-state index is 0.0467. The van der Waals surface area contributed by atoms with E-state index in [1.165, 1.54) is 19.0 Å². The van der Waals surface area contributed by atoms with Crippen LogP contribution in [0.15, 0.2) is 18.2 Å². The molecule has 0 heterocycles. The van der Waals surface area contributed by atoms with E-state index in [1.807, 2.05) is 0 Å². The van der Waals surface area contributed by atoms with Gasteiger partial charge >= 0.3 is 6.03 Å². The van der Waals surface area contributed by atoms with E-state index in [0.717, 1.165) is 18.2 Å². The second kappa shape index (κ2) is 4.56. The monoisotopic (exact) mass is 227 g/mol. The molecule has 7 heteroatoms. The van der Waals surface area contributed by atoms with Gasteiger partial charge in [-0.15, -0.1) is 0 Å². The van der Waals surface area contributed by atoms with Gasteiger partial charge in [0.05, 0.1) is 16.7 Å². The lowest BCUT2D eigenvalue weighted by Crippen LogP contribution is -2.27. The van der Waals surface area contributed by atoms with Crippen molar-refractivity contribution in [1.82, 2.24) is 4.90 Å². The van der Waals surface area contributed by atoms with Gasteiger partial charge in [0.1, 0.15) is 5.82 Å². The number of anilines is 1. The molecular weight excluding hydrogens is 217 g/mol. The molecule has 1 rings (SSSR count). The number of hydrogen-bond acceptors (Lipinski definition) is 3. The summed E-state index contributed by atoms with van der Waals surface area (Å²) in [7, 11) is 3.01. The zero-order valence-corrected chi connectivity index (χ0v) is 8.73. The van der Waals surface area contributed by atoms with Gasteiger partial charge in [0, 0.05) is 20.2 Å². The second-order valence-electron chi connectivity index (χ2n) is 3.28. The number of non-ortho nitro benzene ring substituents is 1. The standard InChI is InChI=1S/C9H10FN3O3/c1-12(2)9(14)11-7-3-6(10)4-8(5-7)13(15)16/h3-5H,1-2H3,(H,11,14). The molecule has 6 nitrogen and oxygen atoms in total. The van der Waals surface area contributed by atoms with E-state index >= 15 is 0 Å². The number of halogens is 1. The Morgan fingerprint density at radius 2 is 2.06 bits per heavy atom. The molecule has 0 radical (unpaired) electrons. The van der Waals surface area contributed by atoms with Gasteiger partial charge in [-0.2, -0.15) is 0 Å². The highest BCUT2D eigenvalue weighted by Crippen LogP contribution is 2.20. The summed E-state index contributed by atoms with van der Waals surface area (Å²) in [4.78, 5) is 22.2. The number of amides is 2. The predicted octanol–water partition coefficient (Wildman–Crippen LogP) is 1.83. The van der Waals surface area contributed by atoms with Crippen molar-refractivity contribution < 1.29 is 14.1 Å². The smallest absolute Gasteiger partial charge is 0.321 e. The lowest BCUT2D eigenvalue weighted by molar-refractivity contribution is -0.385. The van der Waals surface area contributed by atoms with Crippen LogP contribution in [0.25, 0.3) is 0 Å². The highest BCUT2D eigenvalue weighted by Gasteiger charge is 2.12. The fourth-order valence-corrected chi connectivity index (χ4v) is 0.987. The number of carbonyl (C=O) groups is 1. The molecule has 2 amide bonds. The SMILES string of the molecule is CN(C)C(=O)Nc1cc(F)cc([N+](=O)[O-])c1. The summed E-state index contributed by atoms with van der Waals surface area (Å²) in [6.07, 6.45) is 0. The first kappa shape index (κ1) is 11.9. The summed E-state index contributed by atoms with van der Waals surface area (Å²) in [5.74, 6) is -0.775. The maximum atomic E-state index is 13.0. The average molecular weight is 227 g/mol. The van der Waals surface area contributed by atoms with Crippen LogP contribution < -0.4 is 5.32 Å². The molecule has 0 aliphatic rings. The van der Waals surface area contributed by atoms with Crippen molar-refractivity contribution in [3.05, 3.63) is 34.1 Å². The highest BCUT2D eigenvalue weighted by atomic mass is 19.1. The van der Waals surface area contributed by atoms with Crippen LogP contribution in [-0.4, -0.2) is 29.9 Å². The van der Waals surface area contributed by atoms with Crippen LogP contribution in [0.4, 0.5) is 20.6 Å². The first-order valence-electron chi connectivity index (χ1n) is 4.33. The van der Waals surface area contributed by atoms with Crippen LogP contribution in [0.2, 0.25) is 0 Å². The summed E-state index contributed by atoms with van der Waals surface area (Å²) in [5, 5.41) is 12.8. The van der Waals surface area contributed by atoms with Crippen LogP contribution in [0.3, 0.4) is 0 Å².